The number of carbonyl (C=O) groups is 1. The van der Waals surface area contributed by atoms with Gasteiger partial charge in [0.05, 0.1) is 12.8 Å². The summed E-state index contributed by atoms with van der Waals surface area (Å²) in [5, 5.41) is 8.37. The first-order valence-electron chi connectivity index (χ1n) is 9.39. The molecule has 2 aromatic heterocycles. The number of amides is 1. The van der Waals surface area contributed by atoms with Crippen molar-refractivity contribution in [2.24, 2.45) is 0 Å². The number of aromatic nitrogens is 4. The fourth-order valence-electron chi connectivity index (χ4n) is 3.39. The molecule has 150 valence electrons. The smallest absolute Gasteiger partial charge is 0.267 e. The third-order valence-electron chi connectivity index (χ3n) is 4.93. The maximum Gasteiger partial charge on any atom is 0.267 e. The molecule has 9 heteroatoms. The summed E-state index contributed by atoms with van der Waals surface area (Å²) in [6.07, 6.45) is 3.36. The number of hydrogen-bond acceptors (Lipinski definition) is 6. The molecule has 1 amide bonds. The lowest BCUT2D eigenvalue weighted by molar-refractivity contribution is -0.132. The average molecular weight is 394 g/mol. The first-order valence-corrected chi connectivity index (χ1v) is 9.39. The second-order valence-corrected chi connectivity index (χ2v) is 6.68. The van der Waals surface area contributed by atoms with Crippen LogP contribution in [0.5, 0.6) is 5.75 Å². The van der Waals surface area contributed by atoms with Crippen LogP contribution in [0, 0.1) is 0 Å². The molecule has 29 heavy (non-hydrogen) atoms. The van der Waals surface area contributed by atoms with Crippen molar-refractivity contribution in [1.82, 2.24) is 24.5 Å². The van der Waals surface area contributed by atoms with Gasteiger partial charge in [-0.05, 0) is 24.3 Å². The fourth-order valence-corrected chi connectivity index (χ4v) is 3.39. The van der Waals surface area contributed by atoms with Gasteiger partial charge in [0, 0.05) is 44.6 Å². The number of ether oxygens (including phenoxy) is 1. The summed E-state index contributed by atoms with van der Waals surface area (Å²) in [4.78, 5) is 28.9. The van der Waals surface area contributed by atoms with Crippen LogP contribution >= 0.6 is 0 Å². The van der Waals surface area contributed by atoms with Crippen LogP contribution in [0.2, 0.25) is 0 Å². The lowest BCUT2D eigenvalue weighted by Crippen LogP contribution is -2.50. The van der Waals surface area contributed by atoms with Crippen molar-refractivity contribution < 1.29 is 9.53 Å². The summed E-state index contributed by atoms with van der Waals surface area (Å²) in [7, 11) is 1.65. The van der Waals surface area contributed by atoms with E-state index >= 15 is 0 Å². The van der Waals surface area contributed by atoms with Crippen molar-refractivity contribution in [3.63, 3.8) is 0 Å². The minimum absolute atomic E-state index is 0.0946. The van der Waals surface area contributed by atoms with Crippen molar-refractivity contribution in [2.45, 2.75) is 6.54 Å². The Balaban J connectivity index is 1.42. The summed E-state index contributed by atoms with van der Waals surface area (Å²) in [6, 6.07) is 12.6. The van der Waals surface area contributed by atoms with E-state index < -0.39 is 0 Å². The zero-order valence-electron chi connectivity index (χ0n) is 16.1. The Hall–Kier alpha value is -3.62. The monoisotopic (exact) mass is 394 g/mol. The lowest BCUT2D eigenvalue weighted by Gasteiger charge is -2.36. The second-order valence-electron chi connectivity index (χ2n) is 6.68. The van der Waals surface area contributed by atoms with Crippen molar-refractivity contribution in [3.8, 4) is 11.6 Å². The highest BCUT2D eigenvalue weighted by atomic mass is 16.5. The first kappa shape index (κ1) is 18.7. The molecular formula is C20H22N6O3. The lowest BCUT2D eigenvalue weighted by atomic mass is 10.2. The standard InChI is InChI=1S/C20H22N6O3/c1-29-17-6-3-2-5-16(17)23-11-13-24(14-12-23)20(28)15-26-19(27)8-7-18(22-26)25-10-4-9-21-25/h2-10H,11-15H2,1H3. The van der Waals surface area contributed by atoms with Crippen molar-refractivity contribution >= 4 is 11.6 Å². The van der Waals surface area contributed by atoms with E-state index in [1.165, 1.54) is 10.7 Å². The van der Waals surface area contributed by atoms with E-state index in [-0.39, 0.29) is 18.0 Å². The molecule has 0 bridgehead atoms. The Labute approximate surface area is 167 Å². The van der Waals surface area contributed by atoms with Crippen LogP contribution in [-0.4, -0.2) is 63.7 Å². The van der Waals surface area contributed by atoms with Crippen LogP contribution in [-0.2, 0) is 11.3 Å². The highest BCUT2D eigenvalue weighted by molar-refractivity contribution is 5.76. The molecule has 0 radical (unpaired) electrons. The Morgan fingerprint density at radius 1 is 1.07 bits per heavy atom. The van der Waals surface area contributed by atoms with E-state index in [9.17, 15) is 9.59 Å². The van der Waals surface area contributed by atoms with E-state index in [0.717, 1.165) is 11.4 Å². The second kappa shape index (κ2) is 8.17. The third-order valence-corrected chi connectivity index (χ3v) is 4.93. The molecule has 1 aliphatic rings. The summed E-state index contributed by atoms with van der Waals surface area (Å²) in [5.41, 5.74) is 0.703. The Kier molecular flexibility index (Phi) is 5.28. The van der Waals surface area contributed by atoms with Gasteiger partial charge in [0.15, 0.2) is 5.82 Å². The van der Waals surface area contributed by atoms with Crippen LogP contribution in [0.4, 0.5) is 5.69 Å². The van der Waals surface area contributed by atoms with Gasteiger partial charge in [-0.2, -0.15) is 5.10 Å². The van der Waals surface area contributed by atoms with Crippen LogP contribution in [0.15, 0.2) is 59.7 Å². The van der Waals surface area contributed by atoms with Gasteiger partial charge in [0.25, 0.3) is 5.56 Å². The molecule has 0 saturated carbocycles. The van der Waals surface area contributed by atoms with Gasteiger partial charge in [-0.3, -0.25) is 9.59 Å². The topological polar surface area (TPSA) is 85.5 Å². The fraction of sp³-hybridized carbons (Fsp3) is 0.300. The van der Waals surface area contributed by atoms with Crippen molar-refractivity contribution in [3.05, 3.63) is 65.2 Å². The Morgan fingerprint density at radius 3 is 2.59 bits per heavy atom. The van der Waals surface area contributed by atoms with E-state index in [1.807, 2.05) is 24.3 Å². The van der Waals surface area contributed by atoms with Gasteiger partial charge in [-0.25, -0.2) is 9.36 Å². The number of nitrogens with zero attached hydrogens (tertiary/aromatic N) is 6. The first-order chi connectivity index (χ1) is 14.2. The maximum atomic E-state index is 12.7. The van der Waals surface area contributed by atoms with Gasteiger partial charge < -0.3 is 14.5 Å². The number of hydrogen-bond donors (Lipinski definition) is 0. The molecule has 1 fully saturated rings. The summed E-state index contributed by atoms with van der Waals surface area (Å²) >= 11 is 0. The Bertz CT molecular complexity index is 1040. The minimum atomic E-state index is -0.318. The maximum absolute atomic E-state index is 12.7. The van der Waals surface area contributed by atoms with Gasteiger partial charge in [0.1, 0.15) is 12.3 Å². The van der Waals surface area contributed by atoms with E-state index in [2.05, 4.69) is 15.1 Å². The molecule has 0 N–H and O–H groups in total. The van der Waals surface area contributed by atoms with Gasteiger partial charge in [0.2, 0.25) is 5.91 Å². The van der Waals surface area contributed by atoms with Crippen LogP contribution in [0.25, 0.3) is 5.82 Å². The predicted octanol–water partition coefficient (Wildman–Crippen LogP) is 0.786. The largest absolute Gasteiger partial charge is 0.495 e. The van der Waals surface area contributed by atoms with Crippen LogP contribution in [0.3, 0.4) is 0 Å². The molecule has 9 nitrogen and oxygen atoms in total. The normalized spacial score (nSPS) is 14.1. The molecule has 3 aromatic rings. The zero-order chi connectivity index (χ0) is 20.2. The number of benzene rings is 1. The molecule has 0 aliphatic carbocycles. The van der Waals surface area contributed by atoms with Gasteiger partial charge in [-0.15, -0.1) is 5.10 Å². The molecule has 1 aromatic carbocycles. The van der Waals surface area contributed by atoms with Crippen LogP contribution in [0.1, 0.15) is 0 Å². The Morgan fingerprint density at radius 2 is 1.86 bits per heavy atom. The number of para-hydroxylation sites is 2. The molecule has 4 rings (SSSR count). The molecule has 1 saturated heterocycles. The van der Waals surface area contributed by atoms with E-state index in [0.29, 0.717) is 32.0 Å². The number of anilines is 1. The molecule has 0 unspecified atom stereocenters. The molecule has 3 heterocycles. The van der Waals surface area contributed by atoms with Crippen molar-refractivity contribution in [1.29, 1.82) is 0 Å². The van der Waals surface area contributed by atoms with E-state index in [1.54, 1.807) is 41.2 Å². The quantitative estimate of drug-likeness (QED) is 0.636. The van der Waals surface area contributed by atoms with Crippen LogP contribution < -0.4 is 15.2 Å². The minimum Gasteiger partial charge on any atom is -0.495 e. The SMILES string of the molecule is COc1ccccc1N1CCN(C(=O)Cn2nc(-n3cccn3)ccc2=O)CC1. The number of rotatable bonds is 5. The zero-order valence-corrected chi connectivity index (χ0v) is 16.1. The van der Waals surface area contributed by atoms with Gasteiger partial charge >= 0.3 is 0 Å². The predicted molar refractivity (Wildman–Crippen MR) is 107 cm³/mol. The van der Waals surface area contributed by atoms with Gasteiger partial charge in [-0.1, -0.05) is 12.1 Å². The summed E-state index contributed by atoms with van der Waals surface area (Å²) in [5.74, 6) is 1.18. The molecular weight excluding hydrogens is 372 g/mol. The molecule has 0 spiro atoms. The van der Waals surface area contributed by atoms with E-state index in [4.69, 9.17) is 4.74 Å². The summed E-state index contributed by atoms with van der Waals surface area (Å²) < 4.78 is 8.17. The average Bonchev–Trinajstić information content (AvgIpc) is 3.30. The van der Waals surface area contributed by atoms with Crippen molar-refractivity contribution in [2.75, 3.05) is 38.2 Å². The highest BCUT2D eigenvalue weighted by Gasteiger charge is 2.23. The number of carbonyl (C=O) groups excluding carboxylic acids is 1. The molecule has 1 aliphatic heterocycles. The summed E-state index contributed by atoms with van der Waals surface area (Å²) in [6.45, 7) is 2.45. The number of piperazine rings is 1. The number of methoxy groups -OCH3 is 1. The molecule has 0 atom stereocenters. The third kappa shape index (κ3) is 3.98. The highest BCUT2D eigenvalue weighted by Crippen LogP contribution is 2.28.